The summed E-state index contributed by atoms with van der Waals surface area (Å²) < 4.78 is 10.5. The van der Waals surface area contributed by atoms with Gasteiger partial charge in [0.1, 0.15) is 6.26 Å². The van der Waals surface area contributed by atoms with Gasteiger partial charge in [0, 0.05) is 17.1 Å². The maximum Gasteiger partial charge on any atom is 0.334 e. The van der Waals surface area contributed by atoms with Crippen LogP contribution in [0.3, 0.4) is 0 Å². The van der Waals surface area contributed by atoms with E-state index in [0.717, 1.165) is 5.56 Å². The van der Waals surface area contributed by atoms with Gasteiger partial charge in [-0.05, 0) is 24.3 Å². The van der Waals surface area contributed by atoms with Gasteiger partial charge >= 0.3 is 5.97 Å². The molecule has 126 valence electrons. The highest BCUT2D eigenvalue weighted by molar-refractivity contribution is 6.30. The summed E-state index contributed by atoms with van der Waals surface area (Å²) in [6.45, 7) is 0.609. The summed E-state index contributed by atoms with van der Waals surface area (Å²) in [5, 5.41) is 9.59. The molecule has 0 radical (unpaired) electrons. The van der Waals surface area contributed by atoms with Crippen molar-refractivity contribution in [1.82, 2.24) is 9.88 Å². The molecule has 24 heavy (non-hydrogen) atoms. The van der Waals surface area contributed by atoms with Crippen LogP contribution >= 0.6 is 11.6 Å². The highest BCUT2D eigenvalue weighted by Gasteiger charge is 2.29. The molecule has 0 saturated carbocycles. The van der Waals surface area contributed by atoms with Crippen LogP contribution in [0.2, 0.25) is 5.02 Å². The molecule has 0 spiro atoms. The summed E-state index contributed by atoms with van der Waals surface area (Å²) in [5.41, 5.74) is 1.25. The number of hydrogen-bond acceptors (Lipinski definition) is 5. The van der Waals surface area contributed by atoms with Crippen molar-refractivity contribution in [1.29, 1.82) is 0 Å². The summed E-state index contributed by atoms with van der Waals surface area (Å²) in [4.78, 5) is 29.0. The predicted octanol–water partition coefficient (Wildman–Crippen LogP) is 1.85. The first kappa shape index (κ1) is 16.5. The molecule has 1 fully saturated rings. The topological polar surface area (TPSA) is 92.9 Å². The van der Waals surface area contributed by atoms with Crippen LogP contribution in [0, 0.1) is 0 Å². The molecule has 1 aliphatic rings. The second-order valence-electron chi connectivity index (χ2n) is 5.37. The van der Waals surface area contributed by atoms with Crippen LogP contribution < -0.4 is 0 Å². The molecule has 0 aliphatic carbocycles. The van der Waals surface area contributed by atoms with Crippen molar-refractivity contribution in [3.05, 3.63) is 41.2 Å². The van der Waals surface area contributed by atoms with Gasteiger partial charge in [-0.2, -0.15) is 0 Å². The number of carboxylic acid groups (broad SMARTS) is 1. The number of carbonyl (C=O) groups is 2. The summed E-state index contributed by atoms with van der Waals surface area (Å²) in [6.07, 6.45) is 0.491. The quantitative estimate of drug-likeness (QED) is 0.904. The number of rotatable bonds is 4. The lowest BCUT2D eigenvalue weighted by atomic mass is 10.2. The van der Waals surface area contributed by atoms with Crippen molar-refractivity contribution in [3.8, 4) is 11.5 Å². The number of nitrogens with zero attached hydrogens (tertiary/aromatic N) is 2. The number of carbonyl (C=O) groups excluding carboxylic acids is 1. The van der Waals surface area contributed by atoms with E-state index in [1.807, 2.05) is 0 Å². The molecular formula is C16H15ClN2O5. The fourth-order valence-electron chi connectivity index (χ4n) is 2.41. The van der Waals surface area contributed by atoms with E-state index in [1.54, 1.807) is 24.3 Å². The van der Waals surface area contributed by atoms with Crippen LogP contribution in [0.25, 0.3) is 11.5 Å². The first-order valence-electron chi connectivity index (χ1n) is 7.35. The largest absolute Gasteiger partial charge is 0.479 e. The van der Waals surface area contributed by atoms with E-state index in [1.165, 1.54) is 11.2 Å². The molecule has 8 heteroatoms. The number of ether oxygens (including phenoxy) is 1. The van der Waals surface area contributed by atoms with Crippen molar-refractivity contribution < 1.29 is 23.8 Å². The van der Waals surface area contributed by atoms with Crippen molar-refractivity contribution in [2.75, 3.05) is 19.7 Å². The Morgan fingerprint density at radius 1 is 1.33 bits per heavy atom. The lowest BCUT2D eigenvalue weighted by molar-refractivity contribution is -0.159. The van der Waals surface area contributed by atoms with Crippen molar-refractivity contribution in [2.24, 2.45) is 0 Å². The zero-order valence-corrected chi connectivity index (χ0v) is 13.4. The average molecular weight is 351 g/mol. The molecule has 1 aliphatic heterocycles. The van der Waals surface area contributed by atoms with Gasteiger partial charge in [-0.25, -0.2) is 9.78 Å². The Bertz CT molecular complexity index is 743. The Morgan fingerprint density at radius 3 is 2.79 bits per heavy atom. The van der Waals surface area contributed by atoms with Crippen molar-refractivity contribution in [3.63, 3.8) is 0 Å². The first-order valence-corrected chi connectivity index (χ1v) is 7.73. The molecule has 1 saturated heterocycles. The number of aromatic nitrogens is 1. The molecule has 1 aromatic carbocycles. The Labute approximate surface area is 142 Å². The second kappa shape index (κ2) is 7.02. The van der Waals surface area contributed by atoms with Crippen LogP contribution in [0.5, 0.6) is 0 Å². The van der Waals surface area contributed by atoms with Gasteiger partial charge in [0.05, 0.1) is 25.3 Å². The highest BCUT2D eigenvalue weighted by Crippen LogP contribution is 2.21. The van der Waals surface area contributed by atoms with E-state index in [-0.39, 0.29) is 25.5 Å². The monoisotopic (exact) mass is 350 g/mol. The summed E-state index contributed by atoms with van der Waals surface area (Å²) in [7, 11) is 0. The Balaban J connectivity index is 1.65. The minimum absolute atomic E-state index is 0.0378. The number of benzene rings is 1. The van der Waals surface area contributed by atoms with Crippen LogP contribution in [-0.2, 0) is 20.7 Å². The SMILES string of the molecule is O=C(O)[C@H]1CN(C(=O)Cc2coc(-c3ccc(Cl)cc3)n2)CCO1. The molecule has 2 heterocycles. The average Bonchev–Trinajstić information content (AvgIpc) is 3.04. The molecule has 0 unspecified atom stereocenters. The maximum absolute atomic E-state index is 12.3. The van der Waals surface area contributed by atoms with Gasteiger partial charge in [0.2, 0.25) is 11.8 Å². The third kappa shape index (κ3) is 3.74. The molecule has 2 aromatic rings. The summed E-state index contributed by atoms with van der Waals surface area (Å²) >= 11 is 5.84. The molecule has 1 aromatic heterocycles. The van der Waals surface area contributed by atoms with Crippen molar-refractivity contribution in [2.45, 2.75) is 12.5 Å². The first-order chi connectivity index (χ1) is 11.5. The number of morpholine rings is 1. The van der Waals surface area contributed by atoms with Crippen LogP contribution in [-0.4, -0.2) is 52.7 Å². The Kier molecular flexibility index (Phi) is 4.82. The lowest BCUT2D eigenvalue weighted by Gasteiger charge is -2.30. The molecular weight excluding hydrogens is 336 g/mol. The number of amides is 1. The zero-order valence-electron chi connectivity index (χ0n) is 12.6. The van der Waals surface area contributed by atoms with Gasteiger partial charge in [0.15, 0.2) is 6.10 Å². The normalized spacial score (nSPS) is 17.7. The van der Waals surface area contributed by atoms with E-state index in [9.17, 15) is 9.59 Å². The fourth-order valence-corrected chi connectivity index (χ4v) is 2.53. The van der Waals surface area contributed by atoms with Gasteiger partial charge in [0.25, 0.3) is 0 Å². The van der Waals surface area contributed by atoms with Crippen LogP contribution in [0.15, 0.2) is 34.9 Å². The van der Waals surface area contributed by atoms with Crippen LogP contribution in [0.4, 0.5) is 0 Å². The second-order valence-corrected chi connectivity index (χ2v) is 5.80. The van der Waals surface area contributed by atoms with E-state index in [0.29, 0.717) is 23.2 Å². The predicted molar refractivity (Wildman–Crippen MR) is 84.6 cm³/mol. The third-order valence-electron chi connectivity index (χ3n) is 3.67. The molecule has 1 N–H and O–H groups in total. The highest BCUT2D eigenvalue weighted by atomic mass is 35.5. The van der Waals surface area contributed by atoms with Crippen molar-refractivity contribution >= 4 is 23.5 Å². The summed E-state index contributed by atoms with van der Waals surface area (Å²) in [5.74, 6) is -0.876. The minimum atomic E-state index is -1.07. The summed E-state index contributed by atoms with van der Waals surface area (Å²) in [6, 6.07) is 7.01. The smallest absolute Gasteiger partial charge is 0.334 e. The van der Waals surface area contributed by atoms with E-state index in [2.05, 4.69) is 4.98 Å². The third-order valence-corrected chi connectivity index (χ3v) is 3.92. The fraction of sp³-hybridized carbons (Fsp3) is 0.312. The molecule has 3 rings (SSSR count). The van der Waals surface area contributed by atoms with Gasteiger partial charge in [-0.15, -0.1) is 0 Å². The number of halogens is 1. The van der Waals surface area contributed by atoms with Gasteiger partial charge in [-0.3, -0.25) is 4.79 Å². The molecule has 0 bridgehead atoms. The molecule has 7 nitrogen and oxygen atoms in total. The molecule has 1 atom stereocenters. The Hall–Kier alpha value is -2.38. The standard InChI is InChI=1S/C16H15ClN2O5/c17-11-3-1-10(2-4-11)15-18-12(9-24-15)7-14(20)19-5-6-23-13(8-19)16(21)22/h1-4,9,13H,5-8H2,(H,21,22)/t13-/m1/s1. The maximum atomic E-state index is 12.3. The number of hydrogen-bond donors (Lipinski definition) is 1. The van der Waals surface area contributed by atoms with E-state index in [4.69, 9.17) is 25.9 Å². The van der Waals surface area contributed by atoms with Gasteiger partial charge in [-0.1, -0.05) is 11.6 Å². The number of aliphatic carboxylic acids is 1. The number of oxazole rings is 1. The van der Waals surface area contributed by atoms with E-state index < -0.39 is 12.1 Å². The molecule has 1 amide bonds. The van der Waals surface area contributed by atoms with Gasteiger partial charge < -0.3 is 19.2 Å². The number of carboxylic acids is 1. The van der Waals surface area contributed by atoms with E-state index >= 15 is 0 Å². The minimum Gasteiger partial charge on any atom is -0.479 e. The van der Waals surface area contributed by atoms with Crippen LogP contribution in [0.1, 0.15) is 5.69 Å². The lowest BCUT2D eigenvalue weighted by Crippen LogP contribution is -2.49. The zero-order chi connectivity index (χ0) is 17.1. The Morgan fingerprint density at radius 2 is 2.08 bits per heavy atom.